The minimum atomic E-state index is -0.555. The topological polar surface area (TPSA) is 62.5 Å². The normalized spacial score (nSPS) is 15.4. The zero-order valence-corrected chi connectivity index (χ0v) is 14.3. The number of carbonyl (C=O) groups is 1. The molecule has 2 N–H and O–H groups in total. The molecule has 5 heteroatoms. The van der Waals surface area contributed by atoms with Gasteiger partial charge in [-0.2, -0.15) is 0 Å². The van der Waals surface area contributed by atoms with Crippen LogP contribution >= 0.6 is 0 Å². The molecular formula is C19H24N4O. The van der Waals surface area contributed by atoms with E-state index in [0.717, 1.165) is 24.5 Å². The van der Waals surface area contributed by atoms with E-state index in [0.29, 0.717) is 18.8 Å². The molecule has 1 aliphatic rings. The minimum absolute atomic E-state index is 0.160. The number of nitrogen functional groups attached to an aromatic ring is 1. The molecule has 3 rings (SSSR count). The summed E-state index contributed by atoms with van der Waals surface area (Å²) in [5.41, 5.74) is 6.91. The molecule has 1 aliphatic heterocycles. The zero-order valence-electron chi connectivity index (χ0n) is 14.3. The van der Waals surface area contributed by atoms with E-state index in [-0.39, 0.29) is 5.91 Å². The Hall–Kier alpha value is -2.56. The molecule has 5 nitrogen and oxygen atoms in total. The van der Waals surface area contributed by atoms with Gasteiger partial charge in [-0.15, -0.1) is 0 Å². The van der Waals surface area contributed by atoms with Crippen LogP contribution in [0.1, 0.15) is 19.4 Å². The average molecular weight is 324 g/mol. The van der Waals surface area contributed by atoms with Gasteiger partial charge in [-0.25, -0.2) is 4.98 Å². The first-order valence-corrected chi connectivity index (χ1v) is 8.30. The van der Waals surface area contributed by atoms with Crippen molar-refractivity contribution in [2.75, 3.05) is 36.8 Å². The minimum Gasteiger partial charge on any atom is -0.399 e. The number of pyridine rings is 1. The molecule has 1 saturated heterocycles. The Morgan fingerprint density at radius 3 is 2.29 bits per heavy atom. The highest BCUT2D eigenvalue weighted by atomic mass is 16.2. The van der Waals surface area contributed by atoms with Crippen LogP contribution in [0.4, 0.5) is 11.5 Å². The molecule has 0 saturated carbocycles. The van der Waals surface area contributed by atoms with Crippen molar-refractivity contribution in [2.24, 2.45) is 0 Å². The number of rotatable bonds is 3. The molecule has 0 unspecified atom stereocenters. The predicted molar refractivity (Wildman–Crippen MR) is 96.9 cm³/mol. The number of anilines is 2. The second-order valence-corrected chi connectivity index (χ2v) is 6.71. The first kappa shape index (κ1) is 16.3. The predicted octanol–water partition coefficient (Wildman–Crippen LogP) is 2.29. The van der Waals surface area contributed by atoms with Crippen molar-refractivity contribution in [1.29, 1.82) is 0 Å². The average Bonchev–Trinajstić information content (AvgIpc) is 2.62. The highest BCUT2D eigenvalue weighted by molar-refractivity contribution is 5.87. The Balaban J connectivity index is 1.67. The summed E-state index contributed by atoms with van der Waals surface area (Å²) >= 11 is 0. The molecule has 0 aliphatic carbocycles. The van der Waals surface area contributed by atoms with Gasteiger partial charge in [0, 0.05) is 38.1 Å². The van der Waals surface area contributed by atoms with E-state index in [1.807, 2.05) is 61.2 Å². The smallest absolute Gasteiger partial charge is 0.232 e. The van der Waals surface area contributed by atoms with Gasteiger partial charge in [0.25, 0.3) is 0 Å². The lowest BCUT2D eigenvalue weighted by atomic mass is 9.83. The zero-order chi connectivity index (χ0) is 17.2. The molecule has 0 spiro atoms. The lowest BCUT2D eigenvalue weighted by Crippen LogP contribution is -2.53. The van der Waals surface area contributed by atoms with Crippen molar-refractivity contribution in [2.45, 2.75) is 19.3 Å². The third-order valence-corrected chi connectivity index (χ3v) is 4.71. The summed E-state index contributed by atoms with van der Waals surface area (Å²) in [4.78, 5) is 21.6. The fourth-order valence-corrected chi connectivity index (χ4v) is 3.10. The number of nitrogens with two attached hydrogens (primary N) is 1. The fraction of sp³-hybridized carbons (Fsp3) is 0.368. The summed E-state index contributed by atoms with van der Waals surface area (Å²) in [5.74, 6) is 1.13. The molecule has 1 aromatic heterocycles. The maximum atomic E-state index is 13.0. The van der Waals surface area contributed by atoms with Gasteiger partial charge in [0.2, 0.25) is 5.91 Å². The van der Waals surface area contributed by atoms with E-state index in [4.69, 9.17) is 5.73 Å². The van der Waals surface area contributed by atoms with Gasteiger partial charge in [-0.1, -0.05) is 18.2 Å². The van der Waals surface area contributed by atoms with Crippen LogP contribution in [0.2, 0.25) is 0 Å². The molecule has 24 heavy (non-hydrogen) atoms. The SMILES string of the molecule is CC(C)(C(=O)N1CCN(c2ccccn2)CC1)c1ccc(N)cc1. The Kier molecular flexibility index (Phi) is 4.42. The number of carbonyl (C=O) groups excluding carboxylic acids is 1. The number of hydrogen-bond acceptors (Lipinski definition) is 4. The van der Waals surface area contributed by atoms with Crippen LogP contribution in [0, 0.1) is 0 Å². The van der Waals surface area contributed by atoms with Crippen molar-refractivity contribution in [3.05, 3.63) is 54.2 Å². The highest BCUT2D eigenvalue weighted by Crippen LogP contribution is 2.27. The van der Waals surface area contributed by atoms with E-state index in [1.54, 1.807) is 6.20 Å². The summed E-state index contributed by atoms with van der Waals surface area (Å²) in [6.45, 7) is 7.00. The van der Waals surface area contributed by atoms with E-state index in [9.17, 15) is 4.79 Å². The maximum absolute atomic E-state index is 13.0. The van der Waals surface area contributed by atoms with Gasteiger partial charge >= 0.3 is 0 Å². The van der Waals surface area contributed by atoms with E-state index < -0.39 is 5.41 Å². The molecule has 1 amide bonds. The Morgan fingerprint density at radius 2 is 1.71 bits per heavy atom. The van der Waals surface area contributed by atoms with Crippen LogP contribution in [-0.4, -0.2) is 42.0 Å². The van der Waals surface area contributed by atoms with Crippen molar-refractivity contribution < 1.29 is 4.79 Å². The van der Waals surface area contributed by atoms with Crippen LogP contribution in [0.5, 0.6) is 0 Å². The van der Waals surface area contributed by atoms with Crippen molar-refractivity contribution in [3.63, 3.8) is 0 Å². The molecule has 1 fully saturated rings. The Bertz CT molecular complexity index is 689. The fourth-order valence-electron chi connectivity index (χ4n) is 3.10. The third-order valence-electron chi connectivity index (χ3n) is 4.71. The maximum Gasteiger partial charge on any atom is 0.232 e. The number of nitrogens with zero attached hydrogens (tertiary/aromatic N) is 3. The van der Waals surface area contributed by atoms with Crippen LogP contribution in [0.25, 0.3) is 0 Å². The molecule has 0 atom stereocenters. The molecular weight excluding hydrogens is 300 g/mol. The molecule has 2 heterocycles. The van der Waals surface area contributed by atoms with Gasteiger partial charge < -0.3 is 15.5 Å². The molecule has 126 valence electrons. The summed E-state index contributed by atoms with van der Waals surface area (Å²) in [7, 11) is 0. The van der Waals surface area contributed by atoms with Crippen LogP contribution < -0.4 is 10.6 Å². The third kappa shape index (κ3) is 3.20. The quantitative estimate of drug-likeness (QED) is 0.880. The van der Waals surface area contributed by atoms with Crippen LogP contribution in [0.3, 0.4) is 0 Å². The number of hydrogen-bond donors (Lipinski definition) is 1. The molecule has 2 aromatic rings. The summed E-state index contributed by atoms with van der Waals surface area (Å²) in [6, 6.07) is 13.5. The van der Waals surface area contributed by atoms with Gasteiger partial charge in [0.05, 0.1) is 5.41 Å². The first-order chi connectivity index (χ1) is 11.5. The van der Waals surface area contributed by atoms with Gasteiger partial charge in [-0.05, 0) is 43.7 Å². The van der Waals surface area contributed by atoms with Crippen LogP contribution in [-0.2, 0) is 10.2 Å². The Labute approximate surface area is 143 Å². The van der Waals surface area contributed by atoms with Gasteiger partial charge in [0.15, 0.2) is 0 Å². The summed E-state index contributed by atoms with van der Waals surface area (Å²) in [5, 5.41) is 0. The van der Waals surface area contributed by atoms with Crippen molar-refractivity contribution >= 4 is 17.4 Å². The monoisotopic (exact) mass is 324 g/mol. The number of piperazine rings is 1. The lowest BCUT2D eigenvalue weighted by Gasteiger charge is -2.39. The largest absolute Gasteiger partial charge is 0.399 e. The number of amides is 1. The van der Waals surface area contributed by atoms with Crippen molar-refractivity contribution in [3.8, 4) is 0 Å². The number of benzene rings is 1. The first-order valence-electron chi connectivity index (χ1n) is 8.30. The number of aromatic nitrogens is 1. The van der Waals surface area contributed by atoms with E-state index >= 15 is 0 Å². The van der Waals surface area contributed by atoms with Crippen molar-refractivity contribution in [1.82, 2.24) is 9.88 Å². The molecule has 1 aromatic carbocycles. The molecule has 0 bridgehead atoms. The van der Waals surface area contributed by atoms with Crippen LogP contribution in [0.15, 0.2) is 48.7 Å². The van der Waals surface area contributed by atoms with Gasteiger partial charge in [-0.3, -0.25) is 4.79 Å². The summed E-state index contributed by atoms with van der Waals surface area (Å²) < 4.78 is 0. The summed E-state index contributed by atoms with van der Waals surface area (Å²) in [6.07, 6.45) is 1.80. The lowest BCUT2D eigenvalue weighted by molar-refractivity contribution is -0.136. The highest BCUT2D eigenvalue weighted by Gasteiger charge is 2.35. The standard InChI is InChI=1S/C19H24N4O/c1-19(2,15-6-8-16(20)9-7-15)18(24)23-13-11-22(12-14-23)17-5-3-4-10-21-17/h3-10H,11-14,20H2,1-2H3. The Morgan fingerprint density at radius 1 is 1.04 bits per heavy atom. The second-order valence-electron chi connectivity index (χ2n) is 6.71. The van der Waals surface area contributed by atoms with Gasteiger partial charge in [0.1, 0.15) is 5.82 Å². The van der Waals surface area contributed by atoms with E-state index in [1.165, 1.54) is 0 Å². The second kappa shape index (κ2) is 6.51. The van der Waals surface area contributed by atoms with E-state index in [2.05, 4.69) is 9.88 Å². The molecule has 0 radical (unpaired) electrons.